The number of ether oxygens (including phenoxy) is 1. The van der Waals surface area contributed by atoms with E-state index in [1.165, 1.54) is 7.11 Å². The second-order valence-electron chi connectivity index (χ2n) is 7.42. The highest BCUT2D eigenvalue weighted by Crippen LogP contribution is 2.39. The van der Waals surface area contributed by atoms with Gasteiger partial charge in [0.1, 0.15) is 0 Å². The highest BCUT2D eigenvalue weighted by atomic mass is 35.5. The van der Waals surface area contributed by atoms with Gasteiger partial charge in [0.15, 0.2) is 0 Å². The highest BCUT2D eigenvalue weighted by molar-refractivity contribution is 6.42. The van der Waals surface area contributed by atoms with Crippen molar-refractivity contribution >= 4 is 45.8 Å². The van der Waals surface area contributed by atoms with Crippen LogP contribution in [0.1, 0.15) is 18.4 Å². The molecule has 0 bridgehead atoms. The van der Waals surface area contributed by atoms with Crippen LogP contribution in [-0.4, -0.2) is 31.2 Å². The number of pyridine rings is 1. The van der Waals surface area contributed by atoms with Crippen molar-refractivity contribution < 1.29 is 9.53 Å². The van der Waals surface area contributed by atoms with Crippen molar-refractivity contribution in [1.82, 2.24) is 4.98 Å². The molecule has 0 aliphatic carbocycles. The number of hydrogen-bond donors (Lipinski definition) is 0. The highest BCUT2D eigenvalue weighted by Gasteiger charge is 2.28. The largest absolute Gasteiger partial charge is 0.469 e. The van der Waals surface area contributed by atoms with Gasteiger partial charge in [-0.25, -0.2) is 0 Å². The van der Waals surface area contributed by atoms with Crippen molar-refractivity contribution in [2.75, 3.05) is 25.1 Å². The van der Waals surface area contributed by atoms with E-state index in [0.29, 0.717) is 16.6 Å². The zero-order chi connectivity index (χ0) is 20.5. The summed E-state index contributed by atoms with van der Waals surface area (Å²) in [5.74, 6) is -0.260. The molecule has 1 unspecified atom stereocenters. The summed E-state index contributed by atoms with van der Waals surface area (Å²) in [5.41, 5.74) is 5.17. The number of anilines is 1. The van der Waals surface area contributed by atoms with Gasteiger partial charge >= 0.3 is 5.97 Å². The normalized spacial score (nSPS) is 16.8. The summed E-state index contributed by atoms with van der Waals surface area (Å²) in [4.78, 5) is 19.1. The predicted molar refractivity (Wildman–Crippen MR) is 119 cm³/mol. The second kappa shape index (κ2) is 8.21. The van der Waals surface area contributed by atoms with E-state index < -0.39 is 0 Å². The van der Waals surface area contributed by atoms with Crippen molar-refractivity contribution in [2.45, 2.75) is 19.8 Å². The van der Waals surface area contributed by atoms with Gasteiger partial charge in [-0.05, 0) is 54.7 Å². The first-order chi connectivity index (χ1) is 14.0. The number of fused-ring (bicyclic) bond motifs is 1. The number of rotatable bonds is 3. The Labute approximate surface area is 180 Å². The first-order valence-electron chi connectivity index (χ1n) is 9.66. The molecule has 1 aromatic heterocycles. The van der Waals surface area contributed by atoms with E-state index in [9.17, 15) is 4.79 Å². The molecule has 1 saturated heterocycles. The topological polar surface area (TPSA) is 42.4 Å². The summed E-state index contributed by atoms with van der Waals surface area (Å²) in [7, 11) is 1.45. The van der Waals surface area contributed by atoms with Gasteiger partial charge < -0.3 is 9.64 Å². The number of aromatic nitrogens is 1. The molecular formula is C23H22Cl2N2O2. The molecule has 1 fully saturated rings. The standard InChI is InChI=1S/C23H22Cl2N2O2/c1-14-5-7-17(15-6-8-18(24)19(25)12-15)21-20(9-10-26-22(14)21)27-11-3-4-16(13-27)23(28)29-2/h5-10,12,16H,3-4,11,13H2,1-2H3. The fourth-order valence-corrected chi connectivity index (χ4v) is 4.41. The van der Waals surface area contributed by atoms with Crippen molar-refractivity contribution in [3.8, 4) is 11.1 Å². The molecule has 0 saturated carbocycles. The molecule has 2 aromatic carbocycles. The van der Waals surface area contributed by atoms with Gasteiger partial charge in [0.25, 0.3) is 0 Å². The van der Waals surface area contributed by atoms with Gasteiger partial charge in [0.2, 0.25) is 0 Å². The molecule has 1 atom stereocenters. The summed E-state index contributed by atoms with van der Waals surface area (Å²) in [5, 5.41) is 2.12. The van der Waals surface area contributed by atoms with E-state index in [1.807, 2.05) is 30.5 Å². The van der Waals surface area contributed by atoms with E-state index in [2.05, 4.69) is 28.9 Å². The van der Waals surface area contributed by atoms with E-state index in [-0.39, 0.29) is 11.9 Å². The van der Waals surface area contributed by atoms with Crippen LogP contribution >= 0.6 is 23.2 Å². The maximum absolute atomic E-state index is 12.1. The van der Waals surface area contributed by atoms with E-state index in [4.69, 9.17) is 27.9 Å². The smallest absolute Gasteiger partial charge is 0.310 e. The van der Waals surface area contributed by atoms with Gasteiger partial charge in [-0.2, -0.15) is 0 Å². The Kier molecular flexibility index (Phi) is 5.66. The summed E-state index contributed by atoms with van der Waals surface area (Å²) in [6.07, 6.45) is 3.63. The average Bonchev–Trinajstić information content (AvgIpc) is 2.75. The molecule has 3 aromatic rings. The number of carbonyl (C=O) groups is 1. The van der Waals surface area contributed by atoms with Crippen LogP contribution in [0.3, 0.4) is 0 Å². The molecule has 0 amide bonds. The fourth-order valence-electron chi connectivity index (χ4n) is 4.11. The lowest BCUT2D eigenvalue weighted by atomic mass is 9.94. The number of piperidine rings is 1. The van der Waals surface area contributed by atoms with Crippen LogP contribution in [0, 0.1) is 12.8 Å². The summed E-state index contributed by atoms with van der Waals surface area (Å²) in [6, 6.07) is 11.9. The predicted octanol–water partition coefficient (Wildman–Crippen LogP) is 5.91. The molecule has 0 spiro atoms. The van der Waals surface area contributed by atoms with Gasteiger partial charge in [-0.15, -0.1) is 0 Å². The van der Waals surface area contributed by atoms with Gasteiger partial charge in [-0.1, -0.05) is 41.4 Å². The monoisotopic (exact) mass is 428 g/mol. The zero-order valence-electron chi connectivity index (χ0n) is 16.4. The van der Waals surface area contributed by atoms with Crippen molar-refractivity contribution in [2.24, 2.45) is 5.92 Å². The van der Waals surface area contributed by atoms with E-state index in [0.717, 1.165) is 52.7 Å². The number of esters is 1. The first kappa shape index (κ1) is 20.0. The number of benzene rings is 2. The minimum absolute atomic E-state index is 0.116. The van der Waals surface area contributed by atoms with E-state index >= 15 is 0 Å². The number of carbonyl (C=O) groups excluding carboxylic acids is 1. The average molecular weight is 429 g/mol. The Morgan fingerprint density at radius 3 is 2.76 bits per heavy atom. The lowest BCUT2D eigenvalue weighted by Crippen LogP contribution is -2.39. The van der Waals surface area contributed by atoms with Crippen LogP contribution in [0.4, 0.5) is 5.69 Å². The van der Waals surface area contributed by atoms with Crippen LogP contribution in [0.2, 0.25) is 10.0 Å². The summed E-state index contributed by atoms with van der Waals surface area (Å²) >= 11 is 12.4. The third-order valence-electron chi connectivity index (χ3n) is 5.60. The lowest BCUT2D eigenvalue weighted by molar-refractivity contribution is -0.145. The molecule has 6 heteroatoms. The van der Waals surface area contributed by atoms with Crippen molar-refractivity contribution in [3.05, 3.63) is 58.2 Å². The quantitative estimate of drug-likeness (QED) is 0.486. The summed E-state index contributed by atoms with van der Waals surface area (Å²) in [6.45, 7) is 3.59. The first-order valence-corrected chi connectivity index (χ1v) is 10.4. The maximum Gasteiger partial charge on any atom is 0.310 e. The zero-order valence-corrected chi connectivity index (χ0v) is 17.9. The lowest BCUT2D eigenvalue weighted by Gasteiger charge is -2.34. The molecule has 0 radical (unpaired) electrons. The number of methoxy groups -OCH3 is 1. The van der Waals surface area contributed by atoms with Crippen LogP contribution in [0.25, 0.3) is 22.0 Å². The third kappa shape index (κ3) is 3.79. The minimum atomic E-state index is -0.144. The molecule has 150 valence electrons. The van der Waals surface area contributed by atoms with Gasteiger partial charge in [0, 0.05) is 30.4 Å². The van der Waals surface area contributed by atoms with Gasteiger partial charge in [-0.3, -0.25) is 9.78 Å². The third-order valence-corrected chi connectivity index (χ3v) is 6.34. The van der Waals surface area contributed by atoms with Crippen molar-refractivity contribution in [3.63, 3.8) is 0 Å². The Bertz CT molecular complexity index is 1080. The van der Waals surface area contributed by atoms with Crippen molar-refractivity contribution in [1.29, 1.82) is 0 Å². The second-order valence-corrected chi connectivity index (χ2v) is 8.24. The fraction of sp³-hybridized carbons (Fsp3) is 0.304. The van der Waals surface area contributed by atoms with Crippen LogP contribution in [-0.2, 0) is 9.53 Å². The molecule has 2 heterocycles. The van der Waals surface area contributed by atoms with Crippen LogP contribution < -0.4 is 4.90 Å². The van der Waals surface area contributed by atoms with Crippen LogP contribution in [0.15, 0.2) is 42.6 Å². The van der Waals surface area contributed by atoms with Gasteiger partial charge in [0.05, 0.1) is 28.6 Å². The number of halogens is 2. The van der Waals surface area contributed by atoms with Crippen LogP contribution in [0.5, 0.6) is 0 Å². The molecule has 1 aliphatic heterocycles. The minimum Gasteiger partial charge on any atom is -0.469 e. The molecular weight excluding hydrogens is 407 g/mol. The number of nitrogens with zero attached hydrogens (tertiary/aromatic N) is 2. The molecule has 0 N–H and O–H groups in total. The Balaban J connectivity index is 1.88. The SMILES string of the molecule is COC(=O)C1CCCN(c2ccnc3c(C)ccc(-c4ccc(Cl)c(Cl)c4)c23)C1. The Hall–Kier alpha value is -2.30. The number of aryl methyl sites for hydroxylation is 1. The summed E-state index contributed by atoms with van der Waals surface area (Å²) < 4.78 is 4.99. The molecule has 29 heavy (non-hydrogen) atoms. The number of hydrogen-bond acceptors (Lipinski definition) is 4. The Morgan fingerprint density at radius 2 is 2.00 bits per heavy atom. The molecule has 1 aliphatic rings. The molecule has 4 rings (SSSR count). The Morgan fingerprint density at radius 1 is 1.17 bits per heavy atom. The molecule has 4 nitrogen and oxygen atoms in total. The van der Waals surface area contributed by atoms with E-state index in [1.54, 1.807) is 0 Å². The maximum atomic E-state index is 12.1.